The number of thioether (sulfide) groups is 1. The second-order valence-corrected chi connectivity index (χ2v) is 8.42. The number of aromatic nitrogens is 3. The fraction of sp³-hybridized carbons (Fsp3) is 0.240. The first-order valence-corrected chi connectivity index (χ1v) is 11.5. The first kappa shape index (κ1) is 21.9. The molecule has 32 heavy (non-hydrogen) atoms. The van der Waals surface area contributed by atoms with Crippen LogP contribution in [-0.4, -0.2) is 39.0 Å². The average Bonchev–Trinajstić information content (AvgIpc) is 3.21. The Labute approximate surface area is 191 Å². The molecule has 0 saturated heterocycles. The number of carbonyl (C=O) groups excluding carboxylic acids is 1. The van der Waals surface area contributed by atoms with Gasteiger partial charge in [-0.2, -0.15) is 0 Å². The monoisotopic (exact) mass is 447 g/mol. The van der Waals surface area contributed by atoms with E-state index in [9.17, 15) is 4.79 Å². The zero-order chi connectivity index (χ0) is 22.5. The van der Waals surface area contributed by atoms with Crippen LogP contribution in [0.4, 0.5) is 0 Å². The molecule has 0 N–H and O–H groups in total. The molecule has 164 valence electrons. The maximum Gasteiger partial charge on any atom is 0.319 e. The molecule has 0 saturated carbocycles. The van der Waals surface area contributed by atoms with E-state index in [0.717, 1.165) is 38.6 Å². The number of benzene rings is 2. The molecule has 0 spiro atoms. The molecule has 4 rings (SSSR count). The van der Waals surface area contributed by atoms with Crippen molar-refractivity contribution >= 4 is 28.8 Å². The van der Waals surface area contributed by atoms with Crippen LogP contribution in [0.3, 0.4) is 0 Å². The fourth-order valence-corrected chi connectivity index (χ4v) is 4.43. The van der Waals surface area contributed by atoms with Crippen molar-refractivity contribution in [3.05, 3.63) is 67.1 Å². The number of hydrogen-bond donors (Lipinski definition) is 0. The highest BCUT2D eigenvalue weighted by Gasteiger charge is 2.22. The van der Waals surface area contributed by atoms with Crippen molar-refractivity contribution in [1.82, 2.24) is 14.5 Å². The number of esters is 1. The molecule has 0 amide bonds. The number of hydrogen-bond acceptors (Lipinski definition) is 6. The van der Waals surface area contributed by atoms with Gasteiger partial charge in [-0.1, -0.05) is 42.1 Å². The van der Waals surface area contributed by atoms with Gasteiger partial charge in [-0.3, -0.25) is 4.79 Å². The Kier molecular flexibility index (Phi) is 6.75. The topological polar surface area (TPSA) is 66.2 Å². The van der Waals surface area contributed by atoms with Gasteiger partial charge in [-0.25, -0.2) is 9.97 Å². The molecule has 4 aromatic rings. The van der Waals surface area contributed by atoms with Crippen molar-refractivity contribution in [2.75, 3.05) is 13.2 Å². The summed E-state index contributed by atoms with van der Waals surface area (Å²) in [5.41, 5.74) is 3.81. The van der Waals surface area contributed by atoms with Crippen molar-refractivity contribution in [3.63, 3.8) is 0 Å². The molecule has 0 radical (unpaired) electrons. The third-order valence-electron chi connectivity index (χ3n) is 4.97. The lowest BCUT2D eigenvalue weighted by molar-refractivity contribution is -0.142. The molecule has 2 heterocycles. The lowest BCUT2D eigenvalue weighted by atomic mass is 10.1. The van der Waals surface area contributed by atoms with E-state index < -0.39 is 0 Å². The number of rotatable bonds is 8. The van der Waals surface area contributed by atoms with Gasteiger partial charge in [-0.15, -0.1) is 0 Å². The van der Waals surface area contributed by atoms with Crippen molar-refractivity contribution in [2.24, 2.45) is 0 Å². The Bertz CT molecular complexity index is 1210. The van der Waals surface area contributed by atoms with E-state index in [-0.39, 0.29) is 11.2 Å². The van der Waals surface area contributed by atoms with E-state index in [2.05, 4.69) is 28.3 Å². The molecule has 1 atom stereocenters. The predicted octanol–water partition coefficient (Wildman–Crippen LogP) is 5.53. The lowest BCUT2D eigenvalue weighted by Crippen LogP contribution is -2.16. The molecular weight excluding hydrogens is 422 g/mol. The van der Waals surface area contributed by atoms with Gasteiger partial charge in [-0.05, 0) is 50.6 Å². The summed E-state index contributed by atoms with van der Waals surface area (Å²) in [6.45, 7) is 6.58. The molecule has 1 unspecified atom stereocenters. The van der Waals surface area contributed by atoms with E-state index in [4.69, 9.17) is 9.47 Å². The first-order valence-electron chi connectivity index (χ1n) is 10.6. The molecule has 2 aromatic heterocycles. The quantitative estimate of drug-likeness (QED) is 0.201. The number of ether oxygens (including phenoxy) is 2. The van der Waals surface area contributed by atoms with E-state index in [1.807, 2.05) is 67.8 Å². The molecule has 2 aromatic carbocycles. The molecule has 0 bridgehead atoms. The van der Waals surface area contributed by atoms with Crippen LogP contribution in [0.1, 0.15) is 20.8 Å². The van der Waals surface area contributed by atoms with Crippen LogP contribution in [-0.2, 0) is 9.53 Å². The third-order valence-corrected chi connectivity index (χ3v) is 6.04. The van der Waals surface area contributed by atoms with Gasteiger partial charge in [0.25, 0.3) is 0 Å². The molecule has 0 aliphatic carbocycles. The van der Waals surface area contributed by atoms with Crippen molar-refractivity contribution in [3.8, 4) is 22.6 Å². The zero-order valence-electron chi connectivity index (χ0n) is 18.3. The summed E-state index contributed by atoms with van der Waals surface area (Å²) >= 11 is 1.39. The highest BCUT2D eigenvalue weighted by Crippen LogP contribution is 2.38. The molecular formula is C25H25N3O3S. The van der Waals surface area contributed by atoms with Crippen LogP contribution in [0.25, 0.3) is 27.8 Å². The average molecular weight is 448 g/mol. The molecule has 7 heteroatoms. The molecule has 0 aliphatic heterocycles. The van der Waals surface area contributed by atoms with Crippen LogP contribution >= 0.6 is 11.8 Å². The Hall–Kier alpha value is -3.32. The second-order valence-electron chi connectivity index (χ2n) is 7.10. The summed E-state index contributed by atoms with van der Waals surface area (Å²) in [7, 11) is 0. The van der Waals surface area contributed by atoms with Crippen LogP contribution in [0.15, 0.2) is 72.1 Å². The summed E-state index contributed by atoms with van der Waals surface area (Å²) in [5, 5.41) is 1.28. The molecule has 6 nitrogen and oxygen atoms in total. The van der Waals surface area contributed by atoms with E-state index in [0.29, 0.717) is 13.2 Å². The van der Waals surface area contributed by atoms with Gasteiger partial charge in [0, 0.05) is 17.4 Å². The summed E-state index contributed by atoms with van der Waals surface area (Å²) in [6.07, 6.45) is 3.62. The summed E-state index contributed by atoms with van der Waals surface area (Å²) in [4.78, 5) is 21.4. The number of carbonyl (C=O) groups is 1. The Balaban J connectivity index is 1.85. The summed E-state index contributed by atoms with van der Waals surface area (Å²) in [5.74, 6) is 0.571. The van der Waals surface area contributed by atoms with Gasteiger partial charge in [0.2, 0.25) is 0 Å². The third kappa shape index (κ3) is 4.48. The summed E-state index contributed by atoms with van der Waals surface area (Å²) in [6, 6.07) is 18.1. The van der Waals surface area contributed by atoms with E-state index in [1.54, 1.807) is 6.33 Å². The highest BCUT2D eigenvalue weighted by molar-refractivity contribution is 8.00. The van der Waals surface area contributed by atoms with Crippen LogP contribution in [0, 0.1) is 0 Å². The fourth-order valence-electron chi connectivity index (χ4n) is 3.50. The second kappa shape index (κ2) is 9.87. The maximum absolute atomic E-state index is 12.2. The van der Waals surface area contributed by atoms with Gasteiger partial charge in [0.15, 0.2) is 0 Å². The van der Waals surface area contributed by atoms with E-state index in [1.165, 1.54) is 11.8 Å². The van der Waals surface area contributed by atoms with Gasteiger partial charge >= 0.3 is 5.97 Å². The summed E-state index contributed by atoms with van der Waals surface area (Å²) < 4.78 is 12.8. The molecule has 0 aliphatic rings. The highest BCUT2D eigenvalue weighted by atomic mass is 32.2. The van der Waals surface area contributed by atoms with Gasteiger partial charge in [0.05, 0.1) is 18.6 Å². The van der Waals surface area contributed by atoms with Gasteiger partial charge in [0.1, 0.15) is 28.0 Å². The van der Waals surface area contributed by atoms with E-state index >= 15 is 0 Å². The maximum atomic E-state index is 12.2. The largest absolute Gasteiger partial charge is 0.494 e. The van der Waals surface area contributed by atoms with Crippen molar-refractivity contribution in [1.29, 1.82) is 0 Å². The van der Waals surface area contributed by atoms with Crippen LogP contribution < -0.4 is 4.74 Å². The zero-order valence-corrected chi connectivity index (χ0v) is 19.1. The predicted molar refractivity (Wildman–Crippen MR) is 127 cm³/mol. The van der Waals surface area contributed by atoms with Crippen molar-refractivity contribution < 1.29 is 14.3 Å². The lowest BCUT2D eigenvalue weighted by Gasteiger charge is -2.11. The number of nitrogens with zero attached hydrogens (tertiary/aromatic N) is 3. The Morgan fingerprint density at radius 2 is 1.78 bits per heavy atom. The van der Waals surface area contributed by atoms with Gasteiger partial charge < -0.3 is 14.0 Å². The molecule has 0 fully saturated rings. The number of fused-ring (bicyclic) bond motifs is 1. The Morgan fingerprint density at radius 1 is 1.03 bits per heavy atom. The van der Waals surface area contributed by atoms with Crippen molar-refractivity contribution in [2.45, 2.75) is 31.0 Å². The normalized spacial score (nSPS) is 12.0. The SMILES string of the molecule is CCOC(=O)C(C)Sc1ncnc2c1c(-c1ccccc1)cn2-c1ccc(OCC)cc1. The first-order chi connectivity index (χ1) is 15.6. The minimum atomic E-state index is -0.384. The standard InChI is InChI=1S/C25H25N3O3S/c1-4-30-20-13-11-19(12-14-20)28-15-21(18-9-7-6-8-10-18)22-23(28)26-16-27-24(22)32-17(3)25(29)31-5-2/h6-17H,4-5H2,1-3H3. The van der Waals surface area contributed by atoms with Crippen LogP contribution in [0.5, 0.6) is 5.75 Å². The Morgan fingerprint density at radius 3 is 2.47 bits per heavy atom. The smallest absolute Gasteiger partial charge is 0.319 e. The van der Waals surface area contributed by atoms with Crippen LogP contribution in [0.2, 0.25) is 0 Å². The minimum Gasteiger partial charge on any atom is -0.494 e. The minimum absolute atomic E-state index is 0.253.